The van der Waals surface area contributed by atoms with E-state index in [-0.39, 0.29) is 21.3 Å². The van der Waals surface area contributed by atoms with Crippen LogP contribution < -0.4 is 15.4 Å². The Morgan fingerprint density at radius 3 is 2.19 bits per heavy atom. The van der Waals surface area contributed by atoms with E-state index in [4.69, 9.17) is 12.2 Å². The summed E-state index contributed by atoms with van der Waals surface area (Å²) in [6, 6.07) is 17.3. The number of hydrogen-bond acceptors (Lipinski definition) is 6. The van der Waals surface area contributed by atoms with E-state index in [0.717, 1.165) is 11.1 Å². The highest BCUT2D eigenvalue weighted by Gasteiger charge is 2.15. The van der Waals surface area contributed by atoms with Crippen molar-refractivity contribution < 1.29 is 13.2 Å². The number of nitrogens with one attached hydrogen (secondary N) is 3. The molecular formula is C22H20N4O4S2. The van der Waals surface area contributed by atoms with Crippen LogP contribution >= 0.6 is 12.2 Å². The molecule has 0 saturated heterocycles. The number of anilines is 2. The van der Waals surface area contributed by atoms with Gasteiger partial charge in [-0.3, -0.25) is 14.8 Å². The molecule has 0 aromatic heterocycles. The Morgan fingerprint density at radius 2 is 1.56 bits per heavy atom. The van der Waals surface area contributed by atoms with Crippen molar-refractivity contribution in [3.8, 4) is 0 Å². The fraction of sp³-hybridized carbons (Fsp3) is 0.0909. The van der Waals surface area contributed by atoms with E-state index < -0.39 is 15.9 Å². The number of benzene rings is 3. The second-order valence-electron chi connectivity index (χ2n) is 7.06. The molecule has 3 N–H and O–H groups in total. The van der Waals surface area contributed by atoms with Crippen LogP contribution in [-0.2, 0) is 10.0 Å². The third kappa shape index (κ3) is 5.96. The van der Waals surface area contributed by atoms with Crippen LogP contribution in [0.3, 0.4) is 0 Å². The predicted octanol–water partition coefficient (Wildman–Crippen LogP) is 4.63. The zero-order valence-corrected chi connectivity index (χ0v) is 18.9. The lowest BCUT2D eigenvalue weighted by Crippen LogP contribution is -2.34. The summed E-state index contributed by atoms with van der Waals surface area (Å²) in [6.07, 6.45) is 0. The molecule has 0 radical (unpaired) electrons. The van der Waals surface area contributed by atoms with E-state index in [2.05, 4.69) is 20.5 Å². The Hall–Kier alpha value is -3.63. The summed E-state index contributed by atoms with van der Waals surface area (Å²) in [5.74, 6) is -0.509. The fourth-order valence-corrected chi connectivity index (χ4v) is 4.26. The average molecular weight is 469 g/mol. The van der Waals surface area contributed by atoms with Crippen LogP contribution in [0.4, 0.5) is 17.1 Å². The second kappa shape index (κ2) is 9.67. The molecule has 1 amide bonds. The molecule has 10 heteroatoms. The van der Waals surface area contributed by atoms with Gasteiger partial charge in [-0.05, 0) is 97.0 Å². The number of aryl methyl sites for hydroxylation is 2. The van der Waals surface area contributed by atoms with Crippen molar-refractivity contribution in [2.24, 2.45) is 5.18 Å². The quantitative estimate of drug-likeness (QED) is 0.359. The van der Waals surface area contributed by atoms with Crippen LogP contribution in [0.25, 0.3) is 0 Å². The zero-order valence-electron chi connectivity index (χ0n) is 17.2. The normalized spacial score (nSPS) is 10.8. The Bertz CT molecular complexity index is 1270. The molecule has 3 aromatic carbocycles. The van der Waals surface area contributed by atoms with Gasteiger partial charge in [0.1, 0.15) is 5.69 Å². The van der Waals surface area contributed by atoms with Crippen LogP contribution in [0.1, 0.15) is 21.5 Å². The van der Waals surface area contributed by atoms with Crippen molar-refractivity contribution >= 4 is 50.3 Å². The van der Waals surface area contributed by atoms with Gasteiger partial charge >= 0.3 is 0 Å². The number of thiocarbonyl (C=S) groups is 1. The van der Waals surface area contributed by atoms with E-state index in [1.54, 1.807) is 12.1 Å². The lowest BCUT2D eigenvalue weighted by atomic mass is 10.1. The summed E-state index contributed by atoms with van der Waals surface area (Å²) < 4.78 is 27.9. The summed E-state index contributed by atoms with van der Waals surface area (Å²) in [6.45, 7) is 3.78. The number of nitroso groups, excluding NO2 is 1. The molecule has 0 aliphatic carbocycles. The molecule has 3 aromatic rings. The van der Waals surface area contributed by atoms with E-state index in [9.17, 15) is 18.1 Å². The molecule has 32 heavy (non-hydrogen) atoms. The molecule has 3 rings (SSSR count). The lowest BCUT2D eigenvalue weighted by Gasteiger charge is -2.12. The van der Waals surface area contributed by atoms with Gasteiger partial charge in [0.15, 0.2) is 5.11 Å². The van der Waals surface area contributed by atoms with Gasteiger partial charge in [0.25, 0.3) is 15.9 Å². The molecule has 0 fully saturated rings. The Balaban J connectivity index is 1.65. The highest BCUT2D eigenvalue weighted by molar-refractivity contribution is 7.92. The second-order valence-corrected chi connectivity index (χ2v) is 9.15. The van der Waals surface area contributed by atoms with E-state index in [1.165, 1.54) is 48.5 Å². The summed E-state index contributed by atoms with van der Waals surface area (Å²) in [4.78, 5) is 22.9. The van der Waals surface area contributed by atoms with Crippen LogP contribution in [0, 0.1) is 18.8 Å². The Labute approximate surface area is 191 Å². The monoisotopic (exact) mass is 468 g/mol. The van der Waals surface area contributed by atoms with Crippen molar-refractivity contribution in [3.05, 3.63) is 88.3 Å². The molecule has 0 aliphatic heterocycles. The number of carbonyl (C=O) groups is 1. The maximum Gasteiger partial charge on any atom is 0.261 e. The predicted molar refractivity (Wildman–Crippen MR) is 129 cm³/mol. The molecule has 0 bridgehead atoms. The van der Waals surface area contributed by atoms with Crippen molar-refractivity contribution in [2.45, 2.75) is 18.7 Å². The largest absolute Gasteiger partial charge is 0.332 e. The number of carbonyl (C=O) groups excluding carboxylic acids is 1. The maximum atomic E-state index is 12.7. The van der Waals surface area contributed by atoms with Gasteiger partial charge < -0.3 is 5.32 Å². The van der Waals surface area contributed by atoms with Gasteiger partial charge in [0.2, 0.25) is 0 Å². The topological polar surface area (TPSA) is 117 Å². The number of sulfonamides is 1. The van der Waals surface area contributed by atoms with E-state index in [0.29, 0.717) is 11.4 Å². The van der Waals surface area contributed by atoms with Gasteiger partial charge in [-0.25, -0.2) is 8.42 Å². The Kier molecular flexibility index (Phi) is 6.96. The van der Waals surface area contributed by atoms with Crippen LogP contribution in [-0.4, -0.2) is 19.4 Å². The highest BCUT2D eigenvalue weighted by atomic mass is 32.2. The maximum absolute atomic E-state index is 12.7. The minimum absolute atomic E-state index is 0.0171. The average Bonchev–Trinajstić information content (AvgIpc) is 2.73. The van der Waals surface area contributed by atoms with Gasteiger partial charge in [0, 0.05) is 16.9 Å². The molecule has 164 valence electrons. The van der Waals surface area contributed by atoms with Crippen molar-refractivity contribution in [2.75, 3.05) is 10.0 Å². The number of rotatable bonds is 6. The molecule has 0 aliphatic rings. The van der Waals surface area contributed by atoms with Gasteiger partial charge in [-0.15, -0.1) is 4.91 Å². The smallest absolute Gasteiger partial charge is 0.261 e. The zero-order chi connectivity index (χ0) is 23.3. The lowest BCUT2D eigenvalue weighted by molar-refractivity contribution is 0.0977. The molecule has 0 unspecified atom stereocenters. The number of amides is 1. The molecule has 0 saturated carbocycles. The van der Waals surface area contributed by atoms with Gasteiger partial charge in [-0.1, -0.05) is 12.1 Å². The fourth-order valence-electron chi connectivity index (χ4n) is 3.01. The third-order valence-corrected chi connectivity index (χ3v) is 5.94. The minimum Gasteiger partial charge on any atom is -0.332 e. The standard InChI is InChI=1S/C22H20N4O4S2/c1-14-10-15(2)12-19(11-14)26-32(29,30)20-8-6-17(7-9-20)23-22(31)24-21(27)16-4-3-5-18(13-16)25-28/h3-13,26H,1-2H3,(H2,23,24,27,31). The first-order chi connectivity index (χ1) is 15.2. The summed E-state index contributed by atoms with van der Waals surface area (Å²) in [5.41, 5.74) is 3.23. The van der Waals surface area contributed by atoms with Gasteiger partial charge in [0.05, 0.1) is 4.90 Å². The molecule has 8 nitrogen and oxygen atoms in total. The van der Waals surface area contributed by atoms with Crippen molar-refractivity contribution in [1.82, 2.24) is 5.32 Å². The van der Waals surface area contributed by atoms with Crippen molar-refractivity contribution in [1.29, 1.82) is 0 Å². The van der Waals surface area contributed by atoms with Crippen LogP contribution in [0.5, 0.6) is 0 Å². The first-order valence-corrected chi connectivity index (χ1v) is 11.3. The van der Waals surface area contributed by atoms with Crippen LogP contribution in [0.15, 0.2) is 76.8 Å². The van der Waals surface area contributed by atoms with E-state index in [1.807, 2.05) is 19.9 Å². The SMILES string of the molecule is Cc1cc(C)cc(NS(=O)(=O)c2ccc(NC(=S)NC(=O)c3cccc(N=O)c3)cc2)c1. The highest BCUT2D eigenvalue weighted by Crippen LogP contribution is 2.20. The van der Waals surface area contributed by atoms with Crippen LogP contribution in [0.2, 0.25) is 0 Å². The summed E-state index contributed by atoms with van der Waals surface area (Å²) in [5, 5.41) is 8.11. The summed E-state index contributed by atoms with van der Waals surface area (Å²) >= 11 is 5.13. The van der Waals surface area contributed by atoms with Crippen molar-refractivity contribution in [3.63, 3.8) is 0 Å². The molecular weight excluding hydrogens is 448 g/mol. The minimum atomic E-state index is -3.77. The van der Waals surface area contributed by atoms with E-state index >= 15 is 0 Å². The number of nitrogens with zero attached hydrogens (tertiary/aromatic N) is 1. The molecule has 0 heterocycles. The van der Waals surface area contributed by atoms with Gasteiger partial charge in [-0.2, -0.15) is 0 Å². The number of hydrogen-bond donors (Lipinski definition) is 3. The third-order valence-electron chi connectivity index (χ3n) is 4.34. The first kappa shape index (κ1) is 23.0. The Morgan fingerprint density at radius 1 is 0.906 bits per heavy atom. The summed E-state index contributed by atoms with van der Waals surface area (Å²) in [7, 11) is -3.77. The first-order valence-electron chi connectivity index (χ1n) is 9.43. The molecule has 0 atom stereocenters. The molecule has 0 spiro atoms.